The Bertz CT molecular complexity index is 2310. The average Bonchev–Trinajstić information content (AvgIpc) is 1.41. The van der Waals surface area contributed by atoms with Gasteiger partial charge in [0.2, 0.25) is 53.2 Å². The molecule has 32 nitrogen and oxygen atoms in total. The first kappa shape index (κ1) is 89.9. The molecule has 3 aliphatic heterocycles. The molecule has 0 aromatic carbocycles. The lowest BCUT2D eigenvalue weighted by Gasteiger charge is -2.42. The van der Waals surface area contributed by atoms with E-state index in [-0.39, 0.29) is 170 Å². The zero-order chi connectivity index (χ0) is 74.6. The van der Waals surface area contributed by atoms with Gasteiger partial charge in [0.1, 0.15) is 54.2 Å². The van der Waals surface area contributed by atoms with Crippen LogP contribution in [0.2, 0.25) is 0 Å². The summed E-state index contributed by atoms with van der Waals surface area (Å²) in [5, 5.41) is 93.0. The summed E-state index contributed by atoms with van der Waals surface area (Å²) in [6, 6.07) is -2.08. The van der Waals surface area contributed by atoms with Crippen LogP contribution in [0.15, 0.2) is 0 Å². The summed E-state index contributed by atoms with van der Waals surface area (Å²) >= 11 is 0. The molecule has 3 rings (SSSR count). The second-order valence-corrected chi connectivity index (χ2v) is 27.9. The van der Waals surface area contributed by atoms with Crippen molar-refractivity contribution < 1.29 is 112 Å². The Kier molecular flexibility index (Phi) is 45.4. The van der Waals surface area contributed by atoms with Gasteiger partial charge >= 0.3 is 0 Å². The summed E-state index contributed by atoms with van der Waals surface area (Å²) in [6.07, 6.45) is 1.92. The number of rotatable bonds is 54. The first-order chi connectivity index (χ1) is 48.2. The number of amides is 9. The lowest BCUT2D eigenvalue weighted by atomic mass is 9.87. The lowest BCUT2D eigenvalue weighted by Crippen LogP contribution is -2.64. The van der Waals surface area contributed by atoms with Crippen molar-refractivity contribution in [3.05, 3.63) is 0 Å². The minimum Gasteiger partial charge on any atom is -0.394 e. The van der Waals surface area contributed by atoms with Gasteiger partial charge in [-0.3, -0.25) is 43.2 Å². The fraction of sp³-hybridized carbons (Fsp3) is 0.870. The molecule has 0 aromatic heterocycles. The van der Waals surface area contributed by atoms with Gasteiger partial charge in [-0.1, -0.05) is 66.2 Å². The summed E-state index contributed by atoms with van der Waals surface area (Å²) in [6.45, 7) is 11.3. The topological polar surface area (TPSA) is 459 Å². The van der Waals surface area contributed by atoms with Crippen LogP contribution in [0.4, 0.5) is 0 Å². The molecule has 3 heterocycles. The Morgan fingerprint density at radius 1 is 0.455 bits per heavy atom. The molecule has 0 aliphatic carbocycles. The van der Waals surface area contributed by atoms with E-state index >= 15 is 0 Å². The van der Waals surface area contributed by atoms with Crippen LogP contribution in [0.1, 0.15) is 196 Å². The van der Waals surface area contributed by atoms with E-state index < -0.39 is 98.0 Å². The molecule has 0 aromatic rings. The number of carbonyl (C=O) groups excluding carboxylic acids is 9. The summed E-state index contributed by atoms with van der Waals surface area (Å²) in [5.41, 5.74) is -1.26. The van der Waals surface area contributed by atoms with Gasteiger partial charge in [-0.05, 0) is 76.0 Å². The van der Waals surface area contributed by atoms with Crippen molar-refractivity contribution in [1.82, 2.24) is 47.4 Å². The third-order valence-corrected chi connectivity index (χ3v) is 17.3. The quantitative estimate of drug-likeness (QED) is 0.0338. The van der Waals surface area contributed by atoms with Crippen molar-refractivity contribution in [2.75, 3.05) is 105 Å². The highest BCUT2D eigenvalue weighted by molar-refractivity contribution is 5.79. The Morgan fingerprint density at radius 3 is 1.21 bits per heavy atom. The highest BCUT2D eigenvalue weighted by atomic mass is 16.7. The molecule has 0 radical (unpaired) electrons. The first-order valence-corrected chi connectivity index (χ1v) is 36.6. The maximum absolute atomic E-state index is 13.9. The first-order valence-electron chi connectivity index (χ1n) is 36.6. The molecule has 3 saturated heterocycles. The van der Waals surface area contributed by atoms with E-state index in [0.29, 0.717) is 70.9 Å². The molecule has 0 saturated carbocycles. The number of β-amino-alcohol motifs (C(OH)–C–C–N with tert-alkyl or cyclic N) is 1. The van der Waals surface area contributed by atoms with Crippen molar-refractivity contribution in [3.8, 4) is 0 Å². The molecule has 0 bridgehead atoms. The second kappa shape index (κ2) is 51.0. The third-order valence-electron chi connectivity index (χ3n) is 17.3. The number of nitrogens with zero attached hydrogens (tertiary/aromatic N) is 1. The van der Waals surface area contributed by atoms with Gasteiger partial charge in [-0.2, -0.15) is 0 Å². The van der Waals surface area contributed by atoms with Gasteiger partial charge in [0.25, 0.3) is 0 Å². The van der Waals surface area contributed by atoms with Crippen molar-refractivity contribution in [3.63, 3.8) is 0 Å². The average molecular weight is 1450 g/mol. The molecule has 15 N–H and O–H groups in total. The lowest BCUT2D eigenvalue weighted by molar-refractivity contribution is -0.270. The molecule has 32 heteroatoms. The fourth-order valence-electron chi connectivity index (χ4n) is 11.9. The second-order valence-electron chi connectivity index (χ2n) is 27.9. The zero-order valence-corrected chi connectivity index (χ0v) is 60.8. The van der Waals surface area contributed by atoms with E-state index in [1.54, 1.807) is 0 Å². The van der Waals surface area contributed by atoms with Crippen molar-refractivity contribution >= 4 is 53.2 Å². The summed E-state index contributed by atoms with van der Waals surface area (Å²) in [5.74, 6) is -2.45. The third kappa shape index (κ3) is 38.3. The maximum Gasteiger partial charge on any atom is 0.222 e. The molecule has 101 heavy (non-hydrogen) atoms. The molecule has 3 aliphatic rings. The number of nitrogens with one attached hydrogen (secondary N) is 8. The number of hydrogen-bond acceptors (Lipinski definition) is 23. The molecule has 0 spiro atoms. The van der Waals surface area contributed by atoms with Gasteiger partial charge in [0, 0.05) is 117 Å². The summed E-state index contributed by atoms with van der Waals surface area (Å²) in [4.78, 5) is 116. The van der Waals surface area contributed by atoms with E-state index in [1.165, 1.54) is 13.8 Å². The van der Waals surface area contributed by atoms with Crippen LogP contribution in [-0.4, -0.2) is 278 Å². The zero-order valence-electron chi connectivity index (χ0n) is 60.8. The molecule has 584 valence electrons. The van der Waals surface area contributed by atoms with Crippen LogP contribution in [0.5, 0.6) is 0 Å². The highest BCUT2D eigenvalue weighted by Gasteiger charge is 2.47. The Labute approximate surface area is 596 Å². The minimum atomic E-state index is -1.44. The number of aliphatic hydroxyl groups is 7. The normalized spacial score (nSPS) is 23.5. The van der Waals surface area contributed by atoms with E-state index in [0.717, 1.165) is 57.8 Å². The van der Waals surface area contributed by atoms with Crippen LogP contribution in [-0.2, 0) is 76.3 Å². The van der Waals surface area contributed by atoms with Crippen LogP contribution in [0.25, 0.3) is 0 Å². The van der Waals surface area contributed by atoms with Gasteiger partial charge in [0.05, 0.1) is 59.0 Å². The molecule has 12 atom stereocenters. The number of ether oxygens (including phenoxy) is 7. The minimum absolute atomic E-state index is 0.00998. The fourth-order valence-corrected chi connectivity index (χ4v) is 11.9. The van der Waals surface area contributed by atoms with E-state index in [9.17, 15) is 78.9 Å². The maximum atomic E-state index is 13.9. The number of likely N-dealkylation sites (tertiary alicyclic amines) is 1. The molecule has 9 amide bonds. The molecule has 10 unspecified atom stereocenters. The van der Waals surface area contributed by atoms with E-state index in [1.807, 2.05) is 11.8 Å². The number of hydrogen-bond donors (Lipinski definition) is 15. The smallest absolute Gasteiger partial charge is 0.222 e. The largest absolute Gasteiger partial charge is 0.394 e. The van der Waals surface area contributed by atoms with Crippen LogP contribution in [0.3, 0.4) is 0 Å². The monoisotopic (exact) mass is 1450 g/mol. The number of aliphatic hydroxyl groups excluding tert-OH is 7. The van der Waals surface area contributed by atoms with E-state index in [4.69, 9.17) is 33.2 Å². The van der Waals surface area contributed by atoms with Crippen molar-refractivity contribution in [1.29, 1.82) is 0 Å². The number of carbonyl (C=O) groups is 9. The highest BCUT2D eigenvalue weighted by Crippen LogP contribution is 2.31. The van der Waals surface area contributed by atoms with Gasteiger partial charge < -0.3 is 116 Å². The predicted molar refractivity (Wildman–Crippen MR) is 368 cm³/mol. The van der Waals surface area contributed by atoms with E-state index in [2.05, 4.69) is 63.3 Å². The van der Waals surface area contributed by atoms with Crippen molar-refractivity contribution in [2.45, 2.75) is 275 Å². The van der Waals surface area contributed by atoms with Crippen LogP contribution < -0.4 is 42.5 Å². The van der Waals surface area contributed by atoms with Crippen LogP contribution >= 0.6 is 0 Å². The predicted octanol–water partition coefficient (Wildman–Crippen LogP) is -0.607. The number of unbranched alkanes of at least 4 members (excludes halogenated alkanes) is 9. The summed E-state index contributed by atoms with van der Waals surface area (Å²) in [7, 11) is 0. The van der Waals surface area contributed by atoms with Crippen LogP contribution in [0, 0.1) is 5.41 Å². The summed E-state index contributed by atoms with van der Waals surface area (Å²) < 4.78 is 40.8. The van der Waals surface area contributed by atoms with Gasteiger partial charge in [0.15, 0.2) is 12.6 Å². The Morgan fingerprint density at radius 2 is 0.822 bits per heavy atom. The SMILES string of the molecule is CCCNC(=O)CCOCC(COCCC(=O)NCCCNC(=O)CCCCOC1OC(CO)C(O)C(O)C1NC(C)=O)(COCCC(=O)NCCCNC(=O)CCCCOC1OC(CO)C(O)C(O)C1NC(C)=O)NC(=O)CCCCCCCCCCC(=O)N1C[C@H](O)C[C@H]1CC(C)(C)C. The molecular formula is C69H125N9O23. The molecule has 3 fully saturated rings. The Balaban J connectivity index is 1.49. The van der Waals surface area contributed by atoms with Gasteiger partial charge in [-0.25, -0.2) is 0 Å². The Hall–Kier alpha value is -5.33. The van der Waals surface area contributed by atoms with Gasteiger partial charge in [-0.15, -0.1) is 0 Å². The standard InChI is InChI=1S/C69H125N9O23/c1-7-29-70-55(86)26-36-95-44-69(77-58(89)24-14-12-10-8-9-11-13-15-25-59(90)78-41-50(83)39-49(78)40-68(4,5)6,45-96-37-27-56(87)73-32-20-30-71-53(84)22-16-18-34-98-66-60(75-47(2)81)64(93)62(91)51(42-79)100-66)46-97-38-28-57(88)74-33-21-31-72-54(85)23-17-19-35-99-67-61(76-48(3)82)65(94)63(92)52(43-80)101-67/h49-52,60-67,79-80,83,91-94H,7-46H2,1-6H3,(H,70,86)(H,71,84)(H,72,85)(H,73,87)(H,74,88)(H,75,81)(H,76,82)(H,77,89)/t49-,50+,51?,52?,60?,61?,62?,63?,64?,65?,66?,67?,69?/m0/s1. The van der Waals surface area contributed by atoms with Crippen molar-refractivity contribution in [2.24, 2.45) is 5.41 Å². The molecular weight excluding hydrogens is 1320 g/mol.